The van der Waals surface area contributed by atoms with Crippen molar-refractivity contribution in [3.8, 4) is 0 Å². The Balaban J connectivity index is 2.17. The molecule has 0 saturated carbocycles. The molecule has 0 spiro atoms. The van der Waals surface area contributed by atoms with Crippen LogP contribution in [0.15, 0.2) is 57.7 Å². The van der Waals surface area contributed by atoms with E-state index in [0.717, 1.165) is 6.08 Å². The molecule has 202 valence electrons. The molecule has 2 N–H and O–H groups in total. The van der Waals surface area contributed by atoms with Gasteiger partial charge in [0.25, 0.3) is 11.5 Å². The number of benzene rings is 1. The van der Waals surface area contributed by atoms with Gasteiger partial charge in [-0.1, -0.05) is 41.0 Å². The molecule has 1 aromatic carbocycles. The van der Waals surface area contributed by atoms with E-state index in [1.165, 1.54) is 38.1 Å². The molecule has 1 heterocycles. The van der Waals surface area contributed by atoms with Crippen molar-refractivity contribution in [2.24, 2.45) is 5.16 Å². The minimum atomic E-state index is -4.91. The molecule has 6 nitrogen and oxygen atoms in total. The molecule has 1 aliphatic heterocycles. The van der Waals surface area contributed by atoms with Crippen molar-refractivity contribution in [2.45, 2.75) is 38.2 Å². The van der Waals surface area contributed by atoms with Gasteiger partial charge >= 0.3 is 12.4 Å². The standard InChI is InChI=1S/C23H21Cl2F6N3O3/c1-12-6-15(4-5-17(12)20(36)32-10-19(35)33-11-22(26,27)28)18-9-21(37-34-18,23(29,30)31)13(2)7-16(25)8-14(3)24/h4-8H,2,9-11H2,1,3H3,(H,32,36)(H,33,35)/b14-8+,16-7+/t21-/m0/s1. The molecule has 2 amide bonds. The van der Waals surface area contributed by atoms with Crippen LogP contribution in [-0.4, -0.2) is 48.6 Å². The lowest BCUT2D eigenvalue weighted by Crippen LogP contribution is -2.46. The highest BCUT2D eigenvalue weighted by Crippen LogP contribution is 2.46. The molecule has 2 rings (SSSR count). The minimum absolute atomic E-state index is 0.0522. The number of allylic oxidation sites excluding steroid dienone is 3. The molecule has 0 saturated heterocycles. The second-order valence-corrected chi connectivity index (χ2v) is 9.05. The number of rotatable bonds is 8. The third-order valence-corrected chi connectivity index (χ3v) is 5.38. The monoisotopic (exact) mass is 571 g/mol. The van der Waals surface area contributed by atoms with Gasteiger partial charge in [-0.15, -0.1) is 0 Å². The van der Waals surface area contributed by atoms with E-state index in [9.17, 15) is 35.9 Å². The Bertz CT molecular complexity index is 1170. The normalized spacial score (nSPS) is 18.7. The highest BCUT2D eigenvalue weighted by Gasteiger charge is 2.62. The second kappa shape index (κ2) is 11.6. The Hall–Kier alpha value is -2.99. The number of carbonyl (C=O) groups excluding carboxylic acids is 2. The first-order chi connectivity index (χ1) is 16.9. The van der Waals surface area contributed by atoms with Crippen molar-refractivity contribution in [1.82, 2.24) is 10.6 Å². The minimum Gasteiger partial charge on any atom is -0.374 e. The number of alkyl halides is 6. The Morgan fingerprint density at radius 1 is 1.16 bits per heavy atom. The lowest BCUT2D eigenvalue weighted by atomic mass is 9.86. The quantitative estimate of drug-likeness (QED) is 0.312. The summed E-state index contributed by atoms with van der Waals surface area (Å²) in [7, 11) is 0. The van der Waals surface area contributed by atoms with E-state index in [4.69, 9.17) is 28.0 Å². The van der Waals surface area contributed by atoms with E-state index in [-0.39, 0.29) is 26.9 Å². The molecule has 0 fully saturated rings. The largest absolute Gasteiger partial charge is 0.435 e. The number of oxime groups is 1. The third-order valence-electron chi connectivity index (χ3n) is 5.05. The smallest absolute Gasteiger partial charge is 0.374 e. The molecule has 1 aromatic rings. The van der Waals surface area contributed by atoms with Gasteiger partial charge in [0.05, 0.1) is 12.3 Å². The molecular weight excluding hydrogens is 551 g/mol. The first kappa shape index (κ1) is 30.2. The molecule has 0 aromatic heterocycles. The molecule has 14 heteroatoms. The van der Waals surface area contributed by atoms with E-state index in [0.29, 0.717) is 5.56 Å². The predicted molar refractivity (Wildman–Crippen MR) is 126 cm³/mol. The molecule has 0 aliphatic carbocycles. The summed E-state index contributed by atoms with van der Waals surface area (Å²) in [4.78, 5) is 28.7. The van der Waals surface area contributed by atoms with Crippen molar-refractivity contribution in [3.05, 3.63) is 69.3 Å². The van der Waals surface area contributed by atoms with Crippen LogP contribution in [0.25, 0.3) is 0 Å². The van der Waals surface area contributed by atoms with Gasteiger partial charge in [-0.2, -0.15) is 26.3 Å². The van der Waals surface area contributed by atoms with Crippen LogP contribution >= 0.6 is 23.2 Å². The van der Waals surface area contributed by atoms with Gasteiger partial charge in [-0.3, -0.25) is 9.59 Å². The summed E-state index contributed by atoms with van der Waals surface area (Å²) < 4.78 is 78.7. The number of hydrogen-bond acceptors (Lipinski definition) is 4. The van der Waals surface area contributed by atoms with E-state index in [2.05, 4.69) is 17.1 Å². The first-order valence-electron chi connectivity index (χ1n) is 10.4. The number of nitrogens with one attached hydrogen (secondary N) is 2. The van der Waals surface area contributed by atoms with E-state index in [1.54, 1.807) is 5.32 Å². The molecule has 37 heavy (non-hydrogen) atoms. The molecular formula is C23H21Cl2F6N3O3. The van der Waals surface area contributed by atoms with Gasteiger partial charge in [0.2, 0.25) is 5.91 Å². The Morgan fingerprint density at radius 3 is 2.35 bits per heavy atom. The summed E-state index contributed by atoms with van der Waals surface area (Å²) in [5.41, 5.74) is -2.88. The van der Waals surface area contributed by atoms with Crippen LogP contribution in [-0.2, 0) is 9.63 Å². The maximum absolute atomic E-state index is 14.1. The van der Waals surface area contributed by atoms with E-state index >= 15 is 0 Å². The Kier molecular flexibility index (Phi) is 9.48. The van der Waals surface area contributed by atoms with Crippen LogP contribution in [0, 0.1) is 6.92 Å². The zero-order valence-corrected chi connectivity index (χ0v) is 20.9. The Labute approximate surface area is 218 Å². The number of aryl methyl sites for hydroxylation is 1. The van der Waals surface area contributed by atoms with Crippen molar-refractivity contribution in [2.75, 3.05) is 13.1 Å². The Morgan fingerprint density at radius 2 is 1.81 bits per heavy atom. The number of amides is 2. The fourth-order valence-corrected chi connectivity index (χ4v) is 3.69. The van der Waals surface area contributed by atoms with Crippen LogP contribution in [0.5, 0.6) is 0 Å². The SMILES string of the molecule is C=C(/C=C(Cl)\C=C(/C)Cl)[C@]1(C(F)(F)F)CC(c2ccc(C(=O)NCC(=O)NCC(F)(F)F)c(C)c2)=NO1. The van der Waals surface area contributed by atoms with Gasteiger partial charge in [0, 0.05) is 27.6 Å². The van der Waals surface area contributed by atoms with Crippen molar-refractivity contribution in [3.63, 3.8) is 0 Å². The molecule has 0 radical (unpaired) electrons. The summed E-state index contributed by atoms with van der Waals surface area (Å²) in [6, 6.07) is 3.99. The van der Waals surface area contributed by atoms with Crippen LogP contribution in [0.2, 0.25) is 0 Å². The average Bonchev–Trinajstić information content (AvgIpc) is 3.22. The van der Waals surface area contributed by atoms with Gasteiger partial charge in [-0.25, -0.2) is 0 Å². The average molecular weight is 572 g/mol. The predicted octanol–water partition coefficient (Wildman–Crippen LogP) is 5.65. The molecule has 1 aliphatic rings. The van der Waals surface area contributed by atoms with Crippen molar-refractivity contribution in [1.29, 1.82) is 0 Å². The maximum Gasteiger partial charge on any atom is 0.435 e. The van der Waals surface area contributed by atoms with Crippen LogP contribution < -0.4 is 10.6 Å². The lowest BCUT2D eigenvalue weighted by Gasteiger charge is -2.29. The topological polar surface area (TPSA) is 79.8 Å². The zero-order chi connectivity index (χ0) is 28.2. The fraction of sp³-hybridized carbons (Fsp3) is 0.348. The van der Waals surface area contributed by atoms with E-state index < -0.39 is 54.9 Å². The van der Waals surface area contributed by atoms with Gasteiger partial charge < -0.3 is 15.5 Å². The van der Waals surface area contributed by atoms with Gasteiger partial charge in [0.1, 0.15) is 6.54 Å². The summed E-state index contributed by atoms with van der Waals surface area (Å²) in [6.45, 7) is 4.19. The number of nitrogens with zero attached hydrogens (tertiary/aromatic N) is 1. The van der Waals surface area contributed by atoms with Crippen molar-refractivity contribution >= 4 is 40.7 Å². The summed E-state index contributed by atoms with van der Waals surface area (Å²) in [5.74, 6) is -1.82. The second-order valence-electron chi connectivity index (χ2n) is 8.02. The molecule has 0 unspecified atom stereocenters. The van der Waals surface area contributed by atoms with E-state index in [1.807, 2.05) is 0 Å². The van der Waals surface area contributed by atoms with Crippen LogP contribution in [0.4, 0.5) is 26.3 Å². The van der Waals surface area contributed by atoms with Gasteiger partial charge in [0.15, 0.2) is 0 Å². The number of hydrogen-bond donors (Lipinski definition) is 2. The van der Waals surface area contributed by atoms with Gasteiger partial charge in [-0.05, 0) is 49.3 Å². The van der Waals surface area contributed by atoms with Crippen molar-refractivity contribution < 1.29 is 40.8 Å². The molecule has 1 atom stereocenters. The van der Waals surface area contributed by atoms with Crippen LogP contribution in [0.3, 0.4) is 0 Å². The highest BCUT2D eigenvalue weighted by atomic mass is 35.5. The molecule has 0 bridgehead atoms. The van der Waals surface area contributed by atoms with Crippen LogP contribution in [0.1, 0.15) is 34.8 Å². The number of halogens is 8. The number of carbonyl (C=O) groups is 2. The lowest BCUT2D eigenvalue weighted by molar-refractivity contribution is -0.251. The summed E-state index contributed by atoms with van der Waals surface area (Å²) in [6.07, 6.45) is -8.03. The fourth-order valence-electron chi connectivity index (χ4n) is 3.22. The zero-order valence-electron chi connectivity index (χ0n) is 19.4. The summed E-state index contributed by atoms with van der Waals surface area (Å²) >= 11 is 11.6. The third kappa shape index (κ3) is 8.00. The highest BCUT2D eigenvalue weighted by molar-refractivity contribution is 6.34. The first-order valence-corrected chi connectivity index (χ1v) is 11.2. The maximum atomic E-state index is 14.1. The summed E-state index contributed by atoms with van der Waals surface area (Å²) in [5, 5.41) is 7.53.